The first-order valence-corrected chi connectivity index (χ1v) is 7.51. The zero-order valence-corrected chi connectivity index (χ0v) is 13.6. The predicted molar refractivity (Wildman–Crippen MR) is 84.1 cm³/mol. The van der Waals surface area contributed by atoms with Gasteiger partial charge in [-0.1, -0.05) is 22.9 Å². The van der Waals surface area contributed by atoms with E-state index in [4.69, 9.17) is 4.74 Å². The van der Waals surface area contributed by atoms with Crippen LogP contribution >= 0.6 is 15.9 Å². The first-order chi connectivity index (χ1) is 9.63. The number of benzene rings is 1. The molecule has 0 aliphatic carbocycles. The van der Waals surface area contributed by atoms with E-state index in [2.05, 4.69) is 52.5 Å². The molecule has 0 fully saturated rings. The molecule has 0 saturated heterocycles. The summed E-state index contributed by atoms with van der Waals surface area (Å²) >= 11 is 3.49. The number of rotatable bonds is 6. The van der Waals surface area contributed by atoms with E-state index < -0.39 is 0 Å². The molecule has 1 N–H and O–H groups in total. The van der Waals surface area contributed by atoms with Gasteiger partial charge in [0.05, 0.1) is 19.9 Å². The Hall–Kier alpha value is -1.33. The van der Waals surface area contributed by atoms with Gasteiger partial charge in [0.15, 0.2) is 0 Å². The van der Waals surface area contributed by atoms with E-state index in [0.717, 1.165) is 22.3 Å². The highest BCUT2D eigenvalue weighted by Crippen LogP contribution is 2.24. The molecule has 108 valence electrons. The van der Waals surface area contributed by atoms with Crippen LogP contribution in [0.15, 0.2) is 35.1 Å². The number of halogens is 1. The van der Waals surface area contributed by atoms with Crippen LogP contribution in [-0.4, -0.2) is 23.4 Å². The second-order valence-electron chi connectivity index (χ2n) is 4.71. The van der Waals surface area contributed by atoms with Gasteiger partial charge in [-0.05, 0) is 31.7 Å². The molecular formula is C15H20BrN3O. The molecule has 0 amide bonds. The van der Waals surface area contributed by atoms with Crippen LogP contribution < -0.4 is 10.1 Å². The predicted octanol–water partition coefficient (Wildman–Crippen LogP) is 3.37. The molecule has 0 aliphatic heterocycles. The molecule has 1 aromatic carbocycles. The molecule has 0 aliphatic rings. The Morgan fingerprint density at radius 2 is 2.25 bits per heavy atom. The fourth-order valence-corrected chi connectivity index (χ4v) is 2.57. The van der Waals surface area contributed by atoms with Crippen molar-refractivity contribution in [3.05, 3.63) is 46.2 Å². The van der Waals surface area contributed by atoms with E-state index in [1.54, 1.807) is 7.11 Å². The van der Waals surface area contributed by atoms with Crippen molar-refractivity contribution in [1.82, 2.24) is 15.1 Å². The fourth-order valence-electron chi connectivity index (χ4n) is 2.16. The monoisotopic (exact) mass is 337 g/mol. The van der Waals surface area contributed by atoms with Gasteiger partial charge in [0.2, 0.25) is 0 Å². The van der Waals surface area contributed by atoms with Crippen LogP contribution in [-0.2, 0) is 6.54 Å². The molecule has 2 aromatic rings. The molecule has 1 unspecified atom stereocenters. The lowest BCUT2D eigenvalue weighted by molar-refractivity contribution is 0.407. The van der Waals surface area contributed by atoms with E-state index >= 15 is 0 Å². The highest BCUT2D eigenvalue weighted by molar-refractivity contribution is 9.10. The smallest absolute Gasteiger partial charge is 0.124 e. The number of hydrogen-bond donors (Lipinski definition) is 1. The highest BCUT2D eigenvalue weighted by Gasteiger charge is 2.09. The maximum absolute atomic E-state index is 5.39. The summed E-state index contributed by atoms with van der Waals surface area (Å²) in [5.41, 5.74) is 2.30. The number of aromatic nitrogens is 2. The standard InChI is InChI=1S/C15H20BrN3O/c1-4-17-11(2)13-8-18-19(10-13)9-12-7-14(16)5-6-15(12)20-3/h5-8,10-11,17H,4,9H2,1-3H3. The van der Waals surface area contributed by atoms with E-state index in [9.17, 15) is 0 Å². The van der Waals surface area contributed by atoms with Crippen molar-refractivity contribution in [3.63, 3.8) is 0 Å². The number of hydrogen-bond acceptors (Lipinski definition) is 3. The maximum atomic E-state index is 5.39. The summed E-state index contributed by atoms with van der Waals surface area (Å²) in [5, 5.41) is 7.81. The Kier molecular flexibility index (Phi) is 5.20. The second-order valence-corrected chi connectivity index (χ2v) is 5.62. The number of ether oxygens (including phenoxy) is 1. The lowest BCUT2D eigenvalue weighted by Crippen LogP contribution is -2.17. The summed E-state index contributed by atoms with van der Waals surface area (Å²) in [6, 6.07) is 6.32. The molecule has 1 aromatic heterocycles. The minimum Gasteiger partial charge on any atom is -0.496 e. The Balaban J connectivity index is 2.16. The van der Waals surface area contributed by atoms with Crippen LogP contribution in [0.3, 0.4) is 0 Å². The SMILES string of the molecule is CCNC(C)c1cnn(Cc2cc(Br)ccc2OC)c1. The van der Waals surface area contributed by atoms with Gasteiger partial charge >= 0.3 is 0 Å². The van der Waals surface area contributed by atoms with Crippen molar-refractivity contribution in [2.75, 3.05) is 13.7 Å². The minimum atomic E-state index is 0.318. The van der Waals surface area contributed by atoms with Crippen molar-refractivity contribution in [2.45, 2.75) is 26.4 Å². The molecule has 0 saturated carbocycles. The summed E-state index contributed by atoms with van der Waals surface area (Å²) < 4.78 is 8.37. The van der Waals surface area contributed by atoms with Gasteiger partial charge in [0.1, 0.15) is 5.75 Å². The van der Waals surface area contributed by atoms with Crippen molar-refractivity contribution >= 4 is 15.9 Å². The normalized spacial score (nSPS) is 12.4. The fraction of sp³-hybridized carbons (Fsp3) is 0.400. The third-order valence-electron chi connectivity index (χ3n) is 3.24. The van der Waals surface area contributed by atoms with E-state index in [-0.39, 0.29) is 0 Å². The lowest BCUT2D eigenvalue weighted by atomic mass is 10.2. The largest absolute Gasteiger partial charge is 0.496 e. The number of nitrogens with one attached hydrogen (secondary N) is 1. The topological polar surface area (TPSA) is 39.1 Å². The molecule has 0 radical (unpaired) electrons. The van der Waals surface area contributed by atoms with Crippen LogP contribution in [0.5, 0.6) is 5.75 Å². The molecule has 20 heavy (non-hydrogen) atoms. The summed E-state index contributed by atoms with van der Waals surface area (Å²) in [6.45, 7) is 5.89. The molecule has 5 heteroatoms. The highest BCUT2D eigenvalue weighted by atomic mass is 79.9. The average Bonchev–Trinajstić information content (AvgIpc) is 2.88. The van der Waals surface area contributed by atoms with E-state index in [1.807, 2.05) is 23.0 Å². The van der Waals surface area contributed by atoms with Gasteiger partial charge in [-0.15, -0.1) is 0 Å². The maximum Gasteiger partial charge on any atom is 0.124 e. The summed E-state index contributed by atoms with van der Waals surface area (Å²) in [6.07, 6.45) is 3.99. The van der Waals surface area contributed by atoms with Crippen LogP contribution in [0.4, 0.5) is 0 Å². The molecule has 0 bridgehead atoms. The van der Waals surface area contributed by atoms with Gasteiger partial charge in [0.25, 0.3) is 0 Å². The second kappa shape index (κ2) is 6.90. The Morgan fingerprint density at radius 1 is 1.45 bits per heavy atom. The van der Waals surface area contributed by atoms with E-state index in [0.29, 0.717) is 12.6 Å². The molecule has 0 spiro atoms. The van der Waals surface area contributed by atoms with Crippen molar-refractivity contribution in [1.29, 1.82) is 0 Å². The molecule has 2 rings (SSSR count). The van der Waals surface area contributed by atoms with Gasteiger partial charge in [0, 0.05) is 27.8 Å². The molecular weight excluding hydrogens is 318 g/mol. The Labute approximate surface area is 128 Å². The van der Waals surface area contributed by atoms with Crippen LogP contribution in [0.2, 0.25) is 0 Å². The quantitative estimate of drug-likeness (QED) is 0.878. The van der Waals surface area contributed by atoms with E-state index in [1.165, 1.54) is 5.56 Å². The Bertz CT molecular complexity index is 568. The first-order valence-electron chi connectivity index (χ1n) is 6.72. The zero-order valence-electron chi connectivity index (χ0n) is 12.1. The third-order valence-corrected chi connectivity index (χ3v) is 3.73. The number of nitrogens with zero attached hydrogens (tertiary/aromatic N) is 2. The van der Waals surface area contributed by atoms with Crippen molar-refractivity contribution in [2.24, 2.45) is 0 Å². The summed E-state index contributed by atoms with van der Waals surface area (Å²) in [4.78, 5) is 0. The van der Waals surface area contributed by atoms with Gasteiger partial charge < -0.3 is 10.1 Å². The summed E-state index contributed by atoms with van der Waals surface area (Å²) in [5.74, 6) is 0.880. The Morgan fingerprint density at radius 3 is 2.95 bits per heavy atom. The first kappa shape index (κ1) is 15.1. The van der Waals surface area contributed by atoms with Crippen molar-refractivity contribution < 1.29 is 4.74 Å². The van der Waals surface area contributed by atoms with Crippen LogP contribution in [0, 0.1) is 0 Å². The lowest BCUT2D eigenvalue weighted by Gasteiger charge is -2.10. The average molecular weight is 338 g/mol. The van der Waals surface area contributed by atoms with Gasteiger partial charge in [-0.3, -0.25) is 4.68 Å². The van der Waals surface area contributed by atoms with Gasteiger partial charge in [-0.25, -0.2) is 0 Å². The third kappa shape index (κ3) is 3.61. The van der Waals surface area contributed by atoms with Crippen LogP contribution in [0.1, 0.15) is 31.0 Å². The zero-order chi connectivity index (χ0) is 14.5. The molecule has 1 heterocycles. The van der Waals surface area contributed by atoms with Crippen molar-refractivity contribution in [3.8, 4) is 5.75 Å². The molecule has 1 atom stereocenters. The van der Waals surface area contributed by atoms with Crippen LogP contribution in [0.25, 0.3) is 0 Å². The molecule has 4 nitrogen and oxygen atoms in total. The summed E-state index contributed by atoms with van der Waals surface area (Å²) in [7, 11) is 1.69. The minimum absolute atomic E-state index is 0.318. The van der Waals surface area contributed by atoms with Gasteiger partial charge in [-0.2, -0.15) is 5.10 Å². The number of methoxy groups -OCH3 is 1.